The van der Waals surface area contributed by atoms with Gasteiger partial charge in [0.05, 0.1) is 28.3 Å². The van der Waals surface area contributed by atoms with Gasteiger partial charge in [-0.3, -0.25) is 0 Å². The fourth-order valence-electron chi connectivity index (χ4n) is 2.29. The summed E-state index contributed by atoms with van der Waals surface area (Å²) in [5.41, 5.74) is 3.41. The van der Waals surface area contributed by atoms with E-state index < -0.39 is 0 Å². The molecule has 0 bridgehead atoms. The van der Waals surface area contributed by atoms with E-state index in [1.165, 1.54) is 11.2 Å². The van der Waals surface area contributed by atoms with Crippen LogP contribution in [0.5, 0.6) is 0 Å². The summed E-state index contributed by atoms with van der Waals surface area (Å²) >= 11 is 1.71. The second-order valence-corrected chi connectivity index (χ2v) is 5.92. The third kappa shape index (κ3) is 2.73. The first-order valence-corrected chi connectivity index (χ1v) is 7.64. The zero-order valence-corrected chi connectivity index (χ0v) is 12.6. The molecule has 0 aliphatic rings. The molecular formula is C15H18N4S. The minimum absolute atomic E-state index is 0.786. The lowest BCUT2D eigenvalue weighted by molar-refractivity contribution is 0.638. The quantitative estimate of drug-likeness (QED) is 0.733. The molecule has 0 atom stereocenters. The summed E-state index contributed by atoms with van der Waals surface area (Å²) in [5.74, 6) is 1.07. The van der Waals surface area contributed by atoms with Crippen LogP contribution in [0.4, 0.5) is 0 Å². The van der Waals surface area contributed by atoms with E-state index in [2.05, 4.69) is 44.4 Å². The molecule has 5 heteroatoms. The number of aryl methyl sites for hydroxylation is 2. The first-order chi connectivity index (χ1) is 9.74. The van der Waals surface area contributed by atoms with Gasteiger partial charge in [-0.15, -0.1) is 11.3 Å². The highest BCUT2D eigenvalue weighted by atomic mass is 32.1. The molecule has 0 spiro atoms. The van der Waals surface area contributed by atoms with E-state index in [0.717, 1.165) is 35.9 Å². The maximum Gasteiger partial charge on any atom is 0.123 e. The molecule has 1 N–H and O–H groups in total. The number of nitrogens with one attached hydrogen (secondary N) is 1. The van der Waals surface area contributed by atoms with Crippen molar-refractivity contribution in [2.45, 2.75) is 19.9 Å². The van der Waals surface area contributed by atoms with Crippen LogP contribution in [0.3, 0.4) is 0 Å². The van der Waals surface area contributed by atoms with E-state index in [1.807, 2.05) is 19.1 Å². The molecule has 0 fully saturated rings. The van der Waals surface area contributed by atoms with Crippen LogP contribution in [-0.4, -0.2) is 21.1 Å². The van der Waals surface area contributed by atoms with Crippen molar-refractivity contribution in [1.82, 2.24) is 19.9 Å². The number of imidazole rings is 1. The number of benzene rings is 1. The van der Waals surface area contributed by atoms with Gasteiger partial charge in [-0.1, -0.05) is 12.1 Å². The Morgan fingerprint density at radius 2 is 2.10 bits per heavy atom. The molecule has 0 saturated heterocycles. The number of hydrogen-bond acceptors (Lipinski definition) is 4. The molecule has 2 heterocycles. The van der Waals surface area contributed by atoms with Crippen molar-refractivity contribution < 1.29 is 0 Å². The van der Waals surface area contributed by atoms with Crippen LogP contribution in [0, 0.1) is 6.92 Å². The number of fused-ring (bicyclic) bond motifs is 1. The molecule has 1 aromatic carbocycles. The van der Waals surface area contributed by atoms with Gasteiger partial charge in [0, 0.05) is 25.4 Å². The van der Waals surface area contributed by atoms with E-state index in [9.17, 15) is 0 Å². The number of aromatic nitrogens is 3. The summed E-state index contributed by atoms with van der Waals surface area (Å²) in [5, 5.41) is 6.71. The standard InChI is InChI=1S/C15H18N4S/c1-11-17-12(10-20-11)7-8-16-9-15-18-13-5-3-4-6-14(13)19(15)2/h3-6,10,16H,7-9H2,1-2H3. The molecule has 4 nitrogen and oxygen atoms in total. The summed E-state index contributed by atoms with van der Waals surface area (Å²) in [4.78, 5) is 9.11. The minimum Gasteiger partial charge on any atom is -0.330 e. The lowest BCUT2D eigenvalue weighted by Crippen LogP contribution is -2.19. The second-order valence-electron chi connectivity index (χ2n) is 4.86. The summed E-state index contributed by atoms with van der Waals surface area (Å²) in [6.45, 7) is 3.75. The third-order valence-electron chi connectivity index (χ3n) is 3.39. The zero-order valence-electron chi connectivity index (χ0n) is 11.8. The molecule has 0 saturated carbocycles. The Labute approximate surface area is 122 Å². The molecule has 2 aromatic heterocycles. The molecule has 0 amide bonds. The van der Waals surface area contributed by atoms with Crippen LogP contribution < -0.4 is 5.32 Å². The molecule has 0 aliphatic carbocycles. The summed E-state index contributed by atoms with van der Waals surface area (Å²) in [6.07, 6.45) is 0.967. The van der Waals surface area contributed by atoms with E-state index in [1.54, 1.807) is 11.3 Å². The van der Waals surface area contributed by atoms with Gasteiger partial charge in [-0.05, 0) is 19.1 Å². The van der Waals surface area contributed by atoms with Crippen molar-refractivity contribution in [2.75, 3.05) is 6.54 Å². The molecule has 3 rings (SSSR count). The van der Waals surface area contributed by atoms with Crippen molar-refractivity contribution in [3.8, 4) is 0 Å². The fourth-order valence-corrected chi connectivity index (χ4v) is 2.94. The van der Waals surface area contributed by atoms with Gasteiger partial charge in [0.1, 0.15) is 5.82 Å². The first kappa shape index (κ1) is 13.3. The van der Waals surface area contributed by atoms with Crippen LogP contribution in [0.25, 0.3) is 11.0 Å². The Morgan fingerprint density at radius 1 is 1.25 bits per heavy atom. The average Bonchev–Trinajstić information content (AvgIpc) is 3.00. The van der Waals surface area contributed by atoms with Gasteiger partial charge in [0.15, 0.2) is 0 Å². The van der Waals surface area contributed by atoms with Gasteiger partial charge < -0.3 is 9.88 Å². The number of para-hydroxylation sites is 2. The zero-order chi connectivity index (χ0) is 13.9. The minimum atomic E-state index is 0.786. The Balaban J connectivity index is 1.58. The number of rotatable bonds is 5. The van der Waals surface area contributed by atoms with E-state index in [-0.39, 0.29) is 0 Å². The van der Waals surface area contributed by atoms with Crippen LogP contribution in [0.1, 0.15) is 16.5 Å². The van der Waals surface area contributed by atoms with Crippen LogP contribution in [0.2, 0.25) is 0 Å². The Kier molecular flexibility index (Phi) is 3.80. The van der Waals surface area contributed by atoms with Gasteiger partial charge >= 0.3 is 0 Å². The molecule has 0 radical (unpaired) electrons. The number of hydrogen-bond donors (Lipinski definition) is 1. The third-order valence-corrected chi connectivity index (χ3v) is 4.21. The van der Waals surface area contributed by atoms with E-state index >= 15 is 0 Å². The number of thiazole rings is 1. The SMILES string of the molecule is Cc1nc(CCNCc2nc3ccccc3n2C)cs1. The summed E-state index contributed by atoms with van der Waals surface area (Å²) in [7, 11) is 2.07. The van der Waals surface area contributed by atoms with Gasteiger partial charge in [0.2, 0.25) is 0 Å². The van der Waals surface area contributed by atoms with Crippen molar-refractivity contribution in [1.29, 1.82) is 0 Å². The average molecular weight is 286 g/mol. The van der Waals surface area contributed by atoms with Gasteiger partial charge in [0.25, 0.3) is 0 Å². The topological polar surface area (TPSA) is 42.7 Å². The first-order valence-electron chi connectivity index (χ1n) is 6.76. The predicted octanol–water partition coefficient (Wildman–Crippen LogP) is 2.67. The van der Waals surface area contributed by atoms with Crippen LogP contribution >= 0.6 is 11.3 Å². The van der Waals surface area contributed by atoms with Gasteiger partial charge in [-0.2, -0.15) is 0 Å². The maximum absolute atomic E-state index is 4.65. The second kappa shape index (κ2) is 5.73. The molecule has 0 aliphatic heterocycles. The summed E-state index contributed by atoms with van der Waals surface area (Å²) < 4.78 is 2.15. The number of nitrogens with zero attached hydrogens (tertiary/aromatic N) is 3. The Bertz CT molecular complexity index is 714. The summed E-state index contributed by atoms with van der Waals surface area (Å²) in [6, 6.07) is 8.23. The highest BCUT2D eigenvalue weighted by Gasteiger charge is 2.06. The normalized spacial score (nSPS) is 11.3. The lowest BCUT2D eigenvalue weighted by atomic mass is 10.3. The maximum atomic E-state index is 4.65. The molecule has 104 valence electrons. The van der Waals surface area contributed by atoms with Crippen LogP contribution in [-0.2, 0) is 20.0 Å². The molecule has 0 unspecified atom stereocenters. The lowest BCUT2D eigenvalue weighted by Gasteiger charge is -2.04. The fraction of sp³-hybridized carbons (Fsp3) is 0.333. The van der Waals surface area contributed by atoms with E-state index in [0.29, 0.717) is 0 Å². The van der Waals surface area contributed by atoms with Gasteiger partial charge in [-0.25, -0.2) is 9.97 Å². The van der Waals surface area contributed by atoms with Crippen LogP contribution in [0.15, 0.2) is 29.6 Å². The van der Waals surface area contributed by atoms with E-state index in [4.69, 9.17) is 0 Å². The van der Waals surface area contributed by atoms with Crippen molar-refractivity contribution >= 4 is 22.4 Å². The Hall–Kier alpha value is -1.72. The highest BCUT2D eigenvalue weighted by Crippen LogP contribution is 2.14. The molecule has 20 heavy (non-hydrogen) atoms. The molecule has 3 aromatic rings. The molecular weight excluding hydrogens is 268 g/mol. The van der Waals surface area contributed by atoms with Crippen molar-refractivity contribution in [3.05, 3.63) is 46.2 Å². The predicted molar refractivity (Wildman–Crippen MR) is 83.0 cm³/mol. The van der Waals surface area contributed by atoms with Crippen molar-refractivity contribution in [2.24, 2.45) is 7.05 Å². The largest absolute Gasteiger partial charge is 0.330 e. The Morgan fingerprint density at radius 3 is 2.85 bits per heavy atom. The van der Waals surface area contributed by atoms with Crippen molar-refractivity contribution in [3.63, 3.8) is 0 Å². The highest BCUT2D eigenvalue weighted by molar-refractivity contribution is 7.09. The monoisotopic (exact) mass is 286 g/mol. The smallest absolute Gasteiger partial charge is 0.123 e.